The molecule has 1 heterocycles. The molecule has 1 saturated heterocycles. The number of nitrogens with zero attached hydrogens (tertiary/aromatic N) is 2. The lowest BCUT2D eigenvalue weighted by molar-refractivity contribution is 0.149. The monoisotopic (exact) mass is 274 g/mol. The summed E-state index contributed by atoms with van der Waals surface area (Å²) in [7, 11) is 3.72. The molecular formula is C16H26N4. The molecule has 0 radical (unpaired) electrons. The number of likely N-dealkylation sites (tertiary alicyclic amines) is 1. The summed E-state index contributed by atoms with van der Waals surface area (Å²) in [6.07, 6.45) is 1.16. The molecule has 2 atom stereocenters. The Morgan fingerprint density at radius 2 is 2.10 bits per heavy atom. The summed E-state index contributed by atoms with van der Waals surface area (Å²) in [5.41, 5.74) is 1.40. The zero-order chi connectivity index (χ0) is 14.4. The van der Waals surface area contributed by atoms with Gasteiger partial charge in [-0.15, -0.1) is 0 Å². The topological polar surface area (TPSA) is 39.7 Å². The molecule has 4 nitrogen and oxygen atoms in total. The molecule has 2 N–H and O–H groups in total. The Morgan fingerprint density at radius 3 is 2.70 bits per heavy atom. The predicted molar refractivity (Wildman–Crippen MR) is 84.8 cm³/mol. The summed E-state index contributed by atoms with van der Waals surface area (Å²) in [4.78, 5) is 6.74. The average Bonchev–Trinajstić information content (AvgIpc) is 2.48. The van der Waals surface area contributed by atoms with E-state index in [9.17, 15) is 0 Å². The molecule has 20 heavy (non-hydrogen) atoms. The third-order valence-electron chi connectivity index (χ3n) is 4.02. The normalized spacial score (nSPS) is 24.4. The summed E-state index contributed by atoms with van der Waals surface area (Å²) >= 11 is 0. The first-order valence-electron chi connectivity index (χ1n) is 7.40. The standard InChI is InChI=1S/C16H26N4/c1-13-11-20(12-14-7-5-4-6-8-14)10-9-15(13)19-16(17-2)18-3/h4-8,13,15H,9-12H2,1-3H3,(H2,17,18,19). The molecule has 1 aliphatic rings. The number of rotatable bonds is 3. The minimum Gasteiger partial charge on any atom is -0.359 e. The highest BCUT2D eigenvalue weighted by Crippen LogP contribution is 2.18. The predicted octanol–water partition coefficient (Wildman–Crippen LogP) is 1.69. The van der Waals surface area contributed by atoms with E-state index in [1.54, 1.807) is 0 Å². The van der Waals surface area contributed by atoms with Crippen LogP contribution in [0.5, 0.6) is 0 Å². The van der Waals surface area contributed by atoms with Gasteiger partial charge < -0.3 is 10.6 Å². The van der Waals surface area contributed by atoms with Crippen LogP contribution in [-0.4, -0.2) is 44.1 Å². The van der Waals surface area contributed by atoms with Gasteiger partial charge >= 0.3 is 0 Å². The van der Waals surface area contributed by atoms with Gasteiger partial charge in [-0.05, 0) is 17.9 Å². The van der Waals surface area contributed by atoms with Gasteiger partial charge in [0, 0.05) is 39.8 Å². The van der Waals surface area contributed by atoms with Crippen LogP contribution in [0, 0.1) is 5.92 Å². The van der Waals surface area contributed by atoms with Gasteiger partial charge in [-0.25, -0.2) is 0 Å². The van der Waals surface area contributed by atoms with Gasteiger partial charge in [-0.3, -0.25) is 9.89 Å². The summed E-state index contributed by atoms with van der Waals surface area (Å²) in [5.74, 6) is 1.51. The van der Waals surface area contributed by atoms with E-state index in [4.69, 9.17) is 0 Å². The summed E-state index contributed by atoms with van der Waals surface area (Å²) in [6, 6.07) is 11.2. The zero-order valence-corrected chi connectivity index (χ0v) is 12.8. The van der Waals surface area contributed by atoms with Gasteiger partial charge in [0.15, 0.2) is 5.96 Å². The molecule has 4 heteroatoms. The van der Waals surface area contributed by atoms with E-state index in [-0.39, 0.29) is 0 Å². The molecule has 110 valence electrons. The Kier molecular flexibility index (Phi) is 5.41. The molecule has 1 aliphatic heterocycles. The van der Waals surface area contributed by atoms with E-state index >= 15 is 0 Å². The fourth-order valence-electron chi connectivity index (χ4n) is 2.86. The lowest BCUT2D eigenvalue weighted by atomic mass is 9.93. The van der Waals surface area contributed by atoms with Crippen molar-refractivity contribution in [2.75, 3.05) is 27.2 Å². The SMILES string of the molecule is CN=C(NC)NC1CCN(Cc2ccccc2)CC1C. The van der Waals surface area contributed by atoms with Gasteiger partial charge in [0.2, 0.25) is 0 Å². The Labute approximate surface area is 122 Å². The Bertz CT molecular complexity index is 429. The van der Waals surface area contributed by atoms with Gasteiger partial charge in [-0.1, -0.05) is 37.3 Å². The third kappa shape index (κ3) is 3.97. The lowest BCUT2D eigenvalue weighted by Crippen LogP contribution is -2.52. The second kappa shape index (κ2) is 7.29. The molecule has 0 aromatic heterocycles. The molecule has 2 unspecified atom stereocenters. The average molecular weight is 274 g/mol. The van der Waals surface area contributed by atoms with E-state index in [1.807, 2.05) is 14.1 Å². The first-order chi connectivity index (χ1) is 9.72. The van der Waals surface area contributed by atoms with Crippen LogP contribution in [-0.2, 0) is 6.54 Å². The number of guanidine groups is 1. The van der Waals surface area contributed by atoms with Crippen molar-refractivity contribution < 1.29 is 0 Å². The highest BCUT2D eigenvalue weighted by Gasteiger charge is 2.26. The molecule has 0 spiro atoms. The van der Waals surface area contributed by atoms with E-state index < -0.39 is 0 Å². The van der Waals surface area contributed by atoms with Crippen molar-refractivity contribution in [3.05, 3.63) is 35.9 Å². The number of benzene rings is 1. The Balaban J connectivity index is 1.86. The van der Waals surface area contributed by atoms with Crippen LogP contribution in [0.4, 0.5) is 0 Å². The smallest absolute Gasteiger partial charge is 0.190 e. The van der Waals surface area contributed by atoms with Crippen molar-refractivity contribution in [2.24, 2.45) is 10.9 Å². The van der Waals surface area contributed by atoms with Crippen LogP contribution < -0.4 is 10.6 Å². The maximum Gasteiger partial charge on any atom is 0.190 e. The highest BCUT2D eigenvalue weighted by molar-refractivity contribution is 5.79. The number of nitrogens with one attached hydrogen (secondary N) is 2. The maximum atomic E-state index is 4.20. The summed E-state index contributed by atoms with van der Waals surface area (Å²) in [5, 5.41) is 6.60. The largest absolute Gasteiger partial charge is 0.359 e. The van der Waals surface area contributed by atoms with Crippen LogP contribution >= 0.6 is 0 Å². The third-order valence-corrected chi connectivity index (χ3v) is 4.02. The van der Waals surface area contributed by atoms with Crippen molar-refractivity contribution in [3.8, 4) is 0 Å². The van der Waals surface area contributed by atoms with E-state index in [1.165, 1.54) is 5.56 Å². The molecule has 0 bridgehead atoms. The summed E-state index contributed by atoms with van der Waals surface area (Å²) in [6.45, 7) is 5.64. The Hall–Kier alpha value is -1.55. The minimum absolute atomic E-state index is 0.508. The van der Waals surface area contributed by atoms with Crippen LogP contribution in [0.15, 0.2) is 35.3 Å². The van der Waals surface area contributed by atoms with Crippen molar-refractivity contribution >= 4 is 5.96 Å². The first-order valence-corrected chi connectivity index (χ1v) is 7.40. The number of hydrogen-bond acceptors (Lipinski definition) is 2. The summed E-state index contributed by atoms with van der Waals surface area (Å²) < 4.78 is 0. The van der Waals surface area contributed by atoms with Crippen molar-refractivity contribution in [3.63, 3.8) is 0 Å². The van der Waals surface area contributed by atoms with Gasteiger partial charge in [0.25, 0.3) is 0 Å². The molecule has 0 amide bonds. The first kappa shape index (κ1) is 14.9. The molecular weight excluding hydrogens is 248 g/mol. The fraction of sp³-hybridized carbons (Fsp3) is 0.562. The quantitative estimate of drug-likeness (QED) is 0.651. The van der Waals surface area contributed by atoms with Crippen LogP contribution in [0.25, 0.3) is 0 Å². The molecule has 0 aliphatic carbocycles. The number of piperidine rings is 1. The Morgan fingerprint density at radius 1 is 1.35 bits per heavy atom. The van der Waals surface area contributed by atoms with Gasteiger partial charge in [0.1, 0.15) is 0 Å². The molecule has 0 saturated carbocycles. The second-order valence-corrected chi connectivity index (χ2v) is 5.56. The molecule has 1 fully saturated rings. The van der Waals surface area contributed by atoms with E-state index in [2.05, 4.69) is 57.8 Å². The van der Waals surface area contributed by atoms with Crippen molar-refractivity contribution in [2.45, 2.75) is 25.9 Å². The van der Waals surface area contributed by atoms with E-state index in [0.29, 0.717) is 12.0 Å². The van der Waals surface area contributed by atoms with Gasteiger partial charge in [-0.2, -0.15) is 0 Å². The highest BCUT2D eigenvalue weighted by atomic mass is 15.2. The van der Waals surface area contributed by atoms with Crippen LogP contribution in [0.1, 0.15) is 18.9 Å². The maximum absolute atomic E-state index is 4.20. The minimum atomic E-state index is 0.508. The van der Waals surface area contributed by atoms with Crippen molar-refractivity contribution in [1.82, 2.24) is 15.5 Å². The number of aliphatic imine (C=N–C) groups is 1. The molecule has 1 aromatic rings. The van der Waals surface area contributed by atoms with Gasteiger partial charge in [0.05, 0.1) is 0 Å². The second-order valence-electron chi connectivity index (χ2n) is 5.56. The number of hydrogen-bond donors (Lipinski definition) is 2. The van der Waals surface area contributed by atoms with Crippen LogP contribution in [0.2, 0.25) is 0 Å². The zero-order valence-electron chi connectivity index (χ0n) is 12.8. The molecule has 1 aromatic carbocycles. The molecule has 2 rings (SSSR count). The van der Waals surface area contributed by atoms with E-state index in [0.717, 1.165) is 32.0 Å². The van der Waals surface area contributed by atoms with Crippen LogP contribution in [0.3, 0.4) is 0 Å². The fourth-order valence-corrected chi connectivity index (χ4v) is 2.86. The lowest BCUT2D eigenvalue weighted by Gasteiger charge is -2.37. The van der Waals surface area contributed by atoms with Crippen molar-refractivity contribution in [1.29, 1.82) is 0 Å².